The van der Waals surface area contributed by atoms with Gasteiger partial charge in [-0.05, 0) is 13.8 Å². The average Bonchev–Trinajstić information content (AvgIpc) is 3.30. The van der Waals surface area contributed by atoms with Crippen LogP contribution in [0.1, 0.15) is 32.3 Å². The number of nitriles is 1. The smallest absolute Gasteiger partial charge is 0.410 e. The van der Waals surface area contributed by atoms with Gasteiger partial charge in [-0.15, -0.1) is 0 Å². The second-order valence-electron chi connectivity index (χ2n) is 8.20. The Labute approximate surface area is 176 Å². The van der Waals surface area contributed by atoms with Gasteiger partial charge in [-0.25, -0.2) is 14.8 Å². The second-order valence-corrected chi connectivity index (χ2v) is 8.20. The second kappa shape index (κ2) is 8.34. The summed E-state index contributed by atoms with van der Waals surface area (Å²) in [6.45, 7) is 6.29. The first kappa shape index (κ1) is 20.2. The summed E-state index contributed by atoms with van der Waals surface area (Å²) in [6.07, 6.45) is 4.19. The molecule has 1 aromatic heterocycles. The number of likely N-dealkylation sites (tertiary alicyclic amines) is 1. The van der Waals surface area contributed by atoms with E-state index >= 15 is 0 Å². The van der Waals surface area contributed by atoms with Gasteiger partial charge in [0.1, 0.15) is 18.5 Å². The molecule has 1 amide bonds. The van der Waals surface area contributed by atoms with Gasteiger partial charge in [-0.2, -0.15) is 10.4 Å². The summed E-state index contributed by atoms with van der Waals surface area (Å²) in [4.78, 5) is 24.5. The maximum absolute atomic E-state index is 12.1. The highest BCUT2D eigenvalue weighted by atomic mass is 16.6. The monoisotopic (exact) mass is 413 g/mol. The molecule has 3 aliphatic heterocycles. The van der Waals surface area contributed by atoms with E-state index in [1.54, 1.807) is 4.90 Å². The van der Waals surface area contributed by atoms with Crippen LogP contribution in [0, 0.1) is 17.2 Å². The summed E-state index contributed by atoms with van der Waals surface area (Å²) in [5.74, 6) is 1.25. The number of ether oxygens (including phenoxy) is 2. The van der Waals surface area contributed by atoms with E-state index in [4.69, 9.17) is 9.47 Å². The van der Waals surface area contributed by atoms with Crippen LogP contribution in [0.4, 0.5) is 10.6 Å². The Morgan fingerprint density at radius 1 is 1.27 bits per heavy atom. The molecule has 4 rings (SSSR count). The zero-order chi connectivity index (χ0) is 21.3. The van der Waals surface area contributed by atoms with Crippen LogP contribution in [-0.2, 0) is 4.74 Å². The van der Waals surface area contributed by atoms with Gasteiger partial charge in [0.05, 0.1) is 12.1 Å². The first-order valence-corrected chi connectivity index (χ1v) is 10.4. The summed E-state index contributed by atoms with van der Waals surface area (Å²) in [7, 11) is 1.97. The number of likely N-dealkylation sites (N-methyl/N-ethyl adjacent to an activating group) is 1. The van der Waals surface area contributed by atoms with E-state index in [1.807, 2.05) is 32.1 Å². The molecule has 0 bridgehead atoms. The largest absolute Gasteiger partial charge is 0.473 e. The number of amides is 1. The first-order valence-electron chi connectivity index (χ1n) is 10.4. The number of hydrogen-bond acceptors (Lipinski definition) is 9. The van der Waals surface area contributed by atoms with Crippen LogP contribution >= 0.6 is 0 Å². The molecule has 0 aromatic carbocycles. The third-order valence-corrected chi connectivity index (χ3v) is 5.77. The van der Waals surface area contributed by atoms with Crippen LogP contribution in [0.5, 0.6) is 5.88 Å². The molecule has 0 N–H and O–H groups in total. The van der Waals surface area contributed by atoms with Gasteiger partial charge in [0, 0.05) is 58.2 Å². The third kappa shape index (κ3) is 3.97. The van der Waals surface area contributed by atoms with E-state index in [2.05, 4.69) is 26.0 Å². The number of carbonyl (C=O) groups is 1. The number of fused-ring (bicyclic) bond motifs is 1. The van der Waals surface area contributed by atoms with E-state index in [0.717, 1.165) is 13.1 Å². The maximum atomic E-state index is 12.1. The number of hydrazone groups is 1. The summed E-state index contributed by atoms with van der Waals surface area (Å²) in [5, 5.41) is 16.1. The minimum absolute atomic E-state index is 0.112. The molecule has 2 saturated heterocycles. The number of aromatic nitrogens is 2. The Bertz CT molecular complexity index is 860. The summed E-state index contributed by atoms with van der Waals surface area (Å²) in [5.41, 5.74) is 0.360. The Morgan fingerprint density at radius 3 is 2.70 bits per heavy atom. The van der Waals surface area contributed by atoms with Crippen molar-refractivity contribution in [2.24, 2.45) is 11.0 Å². The lowest BCUT2D eigenvalue weighted by Gasteiger charge is -2.32. The van der Waals surface area contributed by atoms with Crippen LogP contribution in [0.2, 0.25) is 0 Å². The summed E-state index contributed by atoms with van der Waals surface area (Å²) >= 11 is 0. The normalized spacial score (nSPS) is 23.6. The van der Waals surface area contributed by atoms with Crippen molar-refractivity contribution in [3.63, 3.8) is 0 Å². The fourth-order valence-corrected chi connectivity index (χ4v) is 4.18. The predicted molar refractivity (Wildman–Crippen MR) is 109 cm³/mol. The van der Waals surface area contributed by atoms with Crippen LogP contribution in [0.15, 0.2) is 11.4 Å². The molecule has 2 fully saturated rings. The van der Waals surface area contributed by atoms with Crippen LogP contribution in [0.3, 0.4) is 0 Å². The Balaban J connectivity index is 1.41. The van der Waals surface area contributed by atoms with Crippen LogP contribution in [-0.4, -0.2) is 83.7 Å². The van der Waals surface area contributed by atoms with E-state index in [9.17, 15) is 10.1 Å². The number of anilines is 1. The molecule has 4 heterocycles. The highest BCUT2D eigenvalue weighted by molar-refractivity contribution is 5.69. The molecular weight excluding hydrogens is 386 g/mol. The standard InChI is InChI=1S/C20H27N7O3/c1-13(2)29-20(28)26-6-4-15(5-7-26)30-19-16(8-21)18(22-12-23-19)27-10-14-9-24-25(3)17(14)11-27/h9,12-15,17H,4-7,10-11H2,1-3H3. The molecule has 0 aliphatic carbocycles. The molecule has 1 aromatic rings. The van der Waals surface area contributed by atoms with Crippen molar-refractivity contribution in [3.8, 4) is 11.9 Å². The van der Waals surface area contributed by atoms with Crippen molar-refractivity contribution < 1.29 is 14.3 Å². The van der Waals surface area contributed by atoms with Crippen LogP contribution < -0.4 is 9.64 Å². The minimum Gasteiger partial charge on any atom is -0.473 e. The molecule has 0 saturated carbocycles. The lowest BCUT2D eigenvalue weighted by molar-refractivity contribution is 0.0506. The van der Waals surface area contributed by atoms with E-state index in [-0.39, 0.29) is 18.3 Å². The highest BCUT2D eigenvalue weighted by Crippen LogP contribution is 2.32. The fourth-order valence-electron chi connectivity index (χ4n) is 4.18. The predicted octanol–water partition coefficient (Wildman–Crippen LogP) is 1.47. The molecular formula is C20H27N7O3. The van der Waals surface area contributed by atoms with Crippen molar-refractivity contribution >= 4 is 18.1 Å². The Kier molecular flexibility index (Phi) is 5.61. The van der Waals surface area contributed by atoms with Gasteiger partial charge in [-0.3, -0.25) is 5.01 Å². The molecule has 0 spiro atoms. The number of rotatable bonds is 4. The number of carbonyl (C=O) groups excluding carboxylic acids is 1. The first-order chi connectivity index (χ1) is 14.5. The van der Waals surface area contributed by atoms with E-state index in [1.165, 1.54) is 6.33 Å². The molecule has 160 valence electrons. The fraction of sp³-hybridized carbons (Fsp3) is 0.650. The third-order valence-electron chi connectivity index (χ3n) is 5.77. The summed E-state index contributed by atoms with van der Waals surface area (Å²) in [6, 6.07) is 2.53. The van der Waals surface area contributed by atoms with Gasteiger partial charge in [0.2, 0.25) is 5.88 Å². The van der Waals surface area contributed by atoms with Crippen LogP contribution in [0.25, 0.3) is 0 Å². The number of piperidine rings is 1. The SMILES string of the molecule is CC(C)OC(=O)N1CCC(Oc2ncnc(N3CC4C=NN(C)C4C3)c2C#N)CC1. The zero-order valence-corrected chi connectivity index (χ0v) is 17.6. The van der Waals surface area contributed by atoms with Crippen molar-refractivity contribution in [2.45, 2.75) is 44.9 Å². The lowest BCUT2D eigenvalue weighted by Crippen LogP contribution is -2.42. The topological polar surface area (TPSA) is 107 Å². The molecule has 10 heteroatoms. The van der Waals surface area contributed by atoms with Gasteiger partial charge in [0.15, 0.2) is 11.4 Å². The molecule has 2 atom stereocenters. The van der Waals surface area contributed by atoms with Gasteiger partial charge in [0.25, 0.3) is 0 Å². The number of hydrogen-bond donors (Lipinski definition) is 0. The lowest BCUT2D eigenvalue weighted by atomic mass is 10.1. The van der Waals surface area contributed by atoms with Crippen molar-refractivity contribution in [2.75, 3.05) is 38.1 Å². The Morgan fingerprint density at radius 2 is 2.03 bits per heavy atom. The zero-order valence-electron chi connectivity index (χ0n) is 17.6. The quantitative estimate of drug-likeness (QED) is 0.730. The maximum Gasteiger partial charge on any atom is 0.410 e. The molecule has 30 heavy (non-hydrogen) atoms. The Hall–Kier alpha value is -3.09. The molecule has 3 aliphatic rings. The molecule has 0 radical (unpaired) electrons. The van der Waals surface area contributed by atoms with E-state index < -0.39 is 0 Å². The minimum atomic E-state index is -0.293. The van der Waals surface area contributed by atoms with Crippen molar-refractivity contribution in [3.05, 3.63) is 11.9 Å². The molecule has 10 nitrogen and oxygen atoms in total. The van der Waals surface area contributed by atoms with Gasteiger partial charge < -0.3 is 19.3 Å². The number of nitrogens with zero attached hydrogens (tertiary/aromatic N) is 7. The van der Waals surface area contributed by atoms with Gasteiger partial charge >= 0.3 is 6.09 Å². The molecule has 2 unspecified atom stereocenters. The summed E-state index contributed by atoms with van der Waals surface area (Å²) < 4.78 is 11.3. The van der Waals surface area contributed by atoms with Crippen molar-refractivity contribution in [1.82, 2.24) is 19.9 Å². The highest BCUT2D eigenvalue weighted by Gasteiger charge is 2.39. The van der Waals surface area contributed by atoms with Crippen molar-refractivity contribution in [1.29, 1.82) is 5.26 Å². The van der Waals surface area contributed by atoms with Gasteiger partial charge in [-0.1, -0.05) is 0 Å². The average molecular weight is 413 g/mol. The van der Waals surface area contributed by atoms with E-state index in [0.29, 0.717) is 55.2 Å².